The van der Waals surface area contributed by atoms with Gasteiger partial charge >= 0.3 is 0 Å². The molecule has 2 nitrogen and oxygen atoms in total. The first kappa shape index (κ1) is 9.38. The van der Waals surface area contributed by atoms with Gasteiger partial charge in [0.25, 0.3) is 0 Å². The van der Waals surface area contributed by atoms with Crippen molar-refractivity contribution in [3.8, 4) is 0 Å². The van der Waals surface area contributed by atoms with Crippen LogP contribution >= 0.6 is 12.6 Å². The third kappa shape index (κ3) is 2.63. The van der Waals surface area contributed by atoms with Crippen LogP contribution in [0, 0.1) is 11.8 Å². The Morgan fingerprint density at radius 2 is 1.85 bits per heavy atom. The number of carbonyl (C=O) groups excluding carboxylic acids is 1. The zero-order valence-corrected chi connectivity index (χ0v) is 8.72. The fourth-order valence-electron chi connectivity index (χ4n) is 1.89. The van der Waals surface area contributed by atoms with E-state index >= 15 is 0 Å². The molecule has 0 bridgehead atoms. The molecule has 0 unspecified atom stereocenters. The molecule has 0 heterocycles. The summed E-state index contributed by atoms with van der Waals surface area (Å²) in [5, 5.41) is 3.15. The molecule has 0 atom stereocenters. The molecule has 2 aliphatic carbocycles. The van der Waals surface area contributed by atoms with Gasteiger partial charge in [0.05, 0.1) is 0 Å². The van der Waals surface area contributed by atoms with Crippen molar-refractivity contribution in [2.45, 2.75) is 38.1 Å². The van der Waals surface area contributed by atoms with Crippen LogP contribution in [0.4, 0.5) is 0 Å². The van der Waals surface area contributed by atoms with E-state index in [-0.39, 0.29) is 5.91 Å². The van der Waals surface area contributed by atoms with Crippen LogP contribution in [-0.4, -0.2) is 17.7 Å². The van der Waals surface area contributed by atoms with Gasteiger partial charge in [-0.05, 0) is 43.3 Å². The minimum Gasteiger partial charge on any atom is -0.353 e. The largest absolute Gasteiger partial charge is 0.353 e. The highest BCUT2D eigenvalue weighted by Gasteiger charge is 2.41. The summed E-state index contributed by atoms with van der Waals surface area (Å²) in [7, 11) is 0. The molecule has 3 heteroatoms. The Balaban J connectivity index is 1.78. The van der Waals surface area contributed by atoms with E-state index in [1.165, 1.54) is 25.7 Å². The number of amides is 1. The van der Waals surface area contributed by atoms with Crippen LogP contribution in [0.1, 0.15) is 32.1 Å². The maximum atomic E-state index is 11.4. The smallest absolute Gasteiger partial charge is 0.221 e. The maximum absolute atomic E-state index is 11.4. The van der Waals surface area contributed by atoms with E-state index in [0.717, 1.165) is 11.8 Å². The maximum Gasteiger partial charge on any atom is 0.221 e. The Kier molecular flexibility index (Phi) is 2.82. The first-order valence-electron chi connectivity index (χ1n) is 5.21. The first-order valence-corrected chi connectivity index (χ1v) is 5.84. The lowest BCUT2D eigenvalue weighted by Gasteiger charge is -2.17. The summed E-state index contributed by atoms with van der Waals surface area (Å²) < 4.78 is 0. The van der Waals surface area contributed by atoms with Crippen LogP contribution in [0.5, 0.6) is 0 Å². The average molecular weight is 199 g/mol. The molecule has 74 valence electrons. The molecule has 1 N–H and O–H groups in total. The molecule has 0 saturated heterocycles. The SMILES string of the molecule is O=C(CCS)NC(C1CC1)C1CC1. The molecule has 13 heavy (non-hydrogen) atoms. The lowest BCUT2D eigenvalue weighted by molar-refractivity contribution is -0.121. The van der Waals surface area contributed by atoms with Gasteiger partial charge in [0.1, 0.15) is 0 Å². The van der Waals surface area contributed by atoms with E-state index in [0.29, 0.717) is 18.2 Å². The lowest BCUT2D eigenvalue weighted by atomic mass is 10.1. The summed E-state index contributed by atoms with van der Waals surface area (Å²) >= 11 is 4.06. The molecular weight excluding hydrogens is 182 g/mol. The van der Waals surface area contributed by atoms with Crippen molar-refractivity contribution in [2.75, 3.05) is 5.75 Å². The molecule has 2 fully saturated rings. The minimum absolute atomic E-state index is 0.193. The van der Waals surface area contributed by atoms with Gasteiger partial charge in [-0.25, -0.2) is 0 Å². The van der Waals surface area contributed by atoms with E-state index in [1.807, 2.05) is 0 Å². The topological polar surface area (TPSA) is 29.1 Å². The number of hydrogen-bond acceptors (Lipinski definition) is 2. The predicted octanol–water partition coefficient (Wildman–Crippen LogP) is 1.61. The Bertz CT molecular complexity index is 187. The van der Waals surface area contributed by atoms with Crippen molar-refractivity contribution >= 4 is 18.5 Å². The molecule has 0 aromatic rings. The van der Waals surface area contributed by atoms with Crippen molar-refractivity contribution in [1.29, 1.82) is 0 Å². The highest BCUT2D eigenvalue weighted by molar-refractivity contribution is 7.80. The molecule has 2 aliphatic rings. The van der Waals surface area contributed by atoms with Crippen molar-refractivity contribution in [3.05, 3.63) is 0 Å². The van der Waals surface area contributed by atoms with Crippen LogP contribution in [0.3, 0.4) is 0 Å². The van der Waals surface area contributed by atoms with Gasteiger partial charge in [0.2, 0.25) is 5.91 Å². The van der Waals surface area contributed by atoms with Crippen LogP contribution < -0.4 is 5.32 Å². The quantitative estimate of drug-likeness (QED) is 0.647. The van der Waals surface area contributed by atoms with Gasteiger partial charge in [0, 0.05) is 12.5 Å². The summed E-state index contributed by atoms with van der Waals surface area (Å²) in [6.07, 6.45) is 5.86. The fourth-order valence-corrected chi connectivity index (χ4v) is 2.09. The summed E-state index contributed by atoms with van der Waals surface area (Å²) in [5.74, 6) is 2.46. The Morgan fingerprint density at radius 3 is 2.23 bits per heavy atom. The van der Waals surface area contributed by atoms with Gasteiger partial charge in [-0.15, -0.1) is 0 Å². The minimum atomic E-state index is 0.193. The summed E-state index contributed by atoms with van der Waals surface area (Å²) in [5.41, 5.74) is 0. The average Bonchev–Trinajstić information content (AvgIpc) is 2.95. The molecule has 1 amide bonds. The number of nitrogens with one attached hydrogen (secondary N) is 1. The van der Waals surface area contributed by atoms with Gasteiger partial charge in [-0.3, -0.25) is 4.79 Å². The van der Waals surface area contributed by atoms with Crippen molar-refractivity contribution in [3.63, 3.8) is 0 Å². The van der Waals surface area contributed by atoms with Crippen LogP contribution in [0.15, 0.2) is 0 Å². The molecule has 0 radical (unpaired) electrons. The van der Waals surface area contributed by atoms with Crippen LogP contribution in [0.2, 0.25) is 0 Å². The molecule has 0 aliphatic heterocycles. The number of rotatable bonds is 5. The number of carbonyl (C=O) groups is 1. The first-order chi connectivity index (χ1) is 6.31. The molecule has 2 saturated carbocycles. The van der Waals surface area contributed by atoms with E-state index in [9.17, 15) is 4.79 Å². The van der Waals surface area contributed by atoms with Crippen LogP contribution in [0.25, 0.3) is 0 Å². The summed E-state index contributed by atoms with van der Waals surface area (Å²) in [6.45, 7) is 0. The number of thiol groups is 1. The Hall–Kier alpha value is -0.180. The molecule has 2 rings (SSSR count). The predicted molar refractivity (Wildman–Crippen MR) is 55.8 cm³/mol. The molecule has 0 spiro atoms. The second kappa shape index (κ2) is 3.91. The standard InChI is InChI=1S/C10H17NOS/c12-9(5-6-13)11-10(7-1-2-7)8-3-4-8/h7-8,10,13H,1-6H2,(H,11,12). The fraction of sp³-hybridized carbons (Fsp3) is 0.900. The third-order valence-corrected chi connectivity index (χ3v) is 3.15. The normalized spacial score (nSPS) is 22.0. The highest BCUT2D eigenvalue weighted by Crippen LogP contribution is 2.44. The zero-order valence-electron chi connectivity index (χ0n) is 7.83. The van der Waals surface area contributed by atoms with E-state index in [4.69, 9.17) is 0 Å². The Labute approximate surface area is 84.9 Å². The monoisotopic (exact) mass is 199 g/mol. The number of hydrogen-bond donors (Lipinski definition) is 2. The summed E-state index contributed by atoms with van der Waals surface area (Å²) in [4.78, 5) is 11.4. The van der Waals surface area contributed by atoms with E-state index < -0.39 is 0 Å². The van der Waals surface area contributed by atoms with E-state index in [1.54, 1.807) is 0 Å². The van der Waals surface area contributed by atoms with Gasteiger partial charge in [-0.1, -0.05) is 0 Å². The van der Waals surface area contributed by atoms with Gasteiger partial charge < -0.3 is 5.32 Å². The second-order valence-corrected chi connectivity index (χ2v) is 4.69. The van der Waals surface area contributed by atoms with E-state index in [2.05, 4.69) is 17.9 Å². The molecular formula is C10H17NOS. The third-order valence-electron chi connectivity index (χ3n) is 2.93. The van der Waals surface area contributed by atoms with Crippen LogP contribution in [-0.2, 0) is 4.79 Å². The van der Waals surface area contributed by atoms with Gasteiger partial charge in [0.15, 0.2) is 0 Å². The highest BCUT2D eigenvalue weighted by atomic mass is 32.1. The molecule has 0 aromatic carbocycles. The zero-order chi connectivity index (χ0) is 9.26. The second-order valence-electron chi connectivity index (χ2n) is 4.24. The molecule has 0 aromatic heterocycles. The van der Waals surface area contributed by atoms with Crippen molar-refractivity contribution in [1.82, 2.24) is 5.32 Å². The summed E-state index contributed by atoms with van der Waals surface area (Å²) in [6, 6.07) is 0.507. The Morgan fingerprint density at radius 1 is 1.31 bits per heavy atom. The lowest BCUT2D eigenvalue weighted by Crippen LogP contribution is -2.38. The van der Waals surface area contributed by atoms with Gasteiger partial charge in [-0.2, -0.15) is 12.6 Å². The van der Waals surface area contributed by atoms with Crippen molar-refractivity contribution < 1.29 is 4.79 Å². The van der Waals surface area contributed by atoms with Crippen molar-refractivity contribution in [2.24, 2.45) is 11.8 Å².